The van der Waals surface area contributed by atoms with Gasteiger partial charge in [-0.25, -0.2) is 0 Å². The quantitative estimate of drug-likeness (QED) is 0.869. The number of nitrogens with zero attached hydrogens (tertiary/aromatic N) is 2. The summed E-state index contributed by atoms with van der Waals surface area (Å²) in [7, 11) is 1.66. The van der Waals surface area contributed by atoms with E-state index in [-0.39, 0.29) is 0 Å². The first kappa shape index (κ1) is 11.3. The Morgan fingerprint density at radius 1 is 1.44 bits per heavy atom. The second kappa shape index (κ2) is 4.76. The Morgan fingerprint density at radius 3 is 2.88 bits per heavy atom. The molecule has 0 spiro atoms. The van der Waals surface area contributed by atoms with E-state index in [1.165, 1.54) is 0 Å². The average Bonchev–Trinajstić information content (AvgIpc) is 2.69. The van der Waals surface area contributed by atoms with Crippen molar-refractivity contribution in [3.63, 3.8) is 0 Å². The van der Waals surface area contributed by atoms with Crippen molar-refractivity contribution in [1.82, 2.24) is 10.1 Å². The number of rotatable bonds is 3. The SMILES string of the molecule is COCc1cc(-c2noc(C)n2)ccc1Br. The summed E-state index contributed by atoms with van der Waals surface area (Å²) >= 11 is 3.46. The summed E-state index contributed by atoms with van der Waals surface area (Å²) in [5.74, 6) is 1.16. The van der Waals surface area contributed by atoms with Crippen molar-refractivity contribution in [2.45, 2.75) is 13.5 Å². The van der Waals surface area contributed by atoms with Gasteiger partial charge in [-0.05, 0) is 23.8 Å². The molecule has 0 radical (unpaired) electrons. The Hall–Kier alpha value is -1.20. The third-order valence-corrected chi connectivity index (χ3v) is 2.90. The van der Waals surface area contributed by atoms with Crippen molar-refractivity contribution in [3.05, 3.63) is 34.1 Å². The minimum Gasteiger partial charge on any atom is -0.380 e. The topological polar surface area (TPSA) is 48.2 Å². The molecule has 0 fully saturated rings. The lowest BCUT2D eigenvalue weighted by Crippen LogP contribution is -1.91. The molecule has 0 aliphatic rings. The van der Waals surface area contributed by atoms with E-state index in [9.17, 15) is 0 Å². The highest BCUT2D eigenvalue weighted by molar-refractivity contribution is 9.10. The molecule has 0 bridgehead atoms. The van der Waals surface area contributed by atoms with Crippen LogP contribution in [-0.4, -0.2) is 17.3 Å². The van der Waals surface area contributed by atoms with Crippen LogP contribution in [0.1, 0.15) is 11.5 Å². The van der Waals surface area contributed by atoms with Gasteiger partial charge >= 0.3 is 0 Å². The van der Waals surface area contributed by atoms with Gasteiger partial charge in [0.25, 0.3) is 0 Å². The van der Waals surface area contributed by atoms with E-state index in [0.29, 0.717) is 18.3 Å². The lowest BCUT2D eigenvalue weighted by molar-refractivity contribution is 0.184. The molecule has 0 amide bonds. The molecule has 4 nitrogen and oxygen atoms in total. The smallest absolute Gasteiger partial charge is 0.223 e. The number of hydrogen-bond donors (Lipinski definition) is 0. The Balaban J connectivity index is 2.39. The first-order valence-electron chi connectivity index (χ1n) is 4.79. The van der Waals surface area contributed by atoms with Gasteiger partial charge in [-0.2, -0.15) is 4.98 Å². The van der Waals surface area contributed by atoms with Crippen LogP contribution >= 0.6 is 15.9 Å². The Kier molecular flexibility index (Phi) is 3.36. The summed E-state index contributed by atoms with van der Waals surface area (Å²) in [5.41, 5.74) is 1.98. The monoisotopic (exact) mass is 282 g/mol. The average molecular weight is 283 g/mol. The van der Waals surface area contributed by atoms with Crippen molar-refractivity contribution < 1.29 is 9.26 Å². The van der Waals surface area contributed by atoms with E-state index in [4.69, 9.17) is 9.26 Å². The second-order valence-corrected chi connectivity index (χ2v) is 4.23. The number of methoxy groups -OCH3 is 1. The zero-order chi connectivity index (χ0) is 11.5. The van der Waals surface area contributed by atoms with E-state index in [1.54, 1.807) is 14.0 Å². The molecule has 0 aliphatic carbocycles. The van der Waals surface area contributed by atoms with Crippen molar-refractivity contribution in [1.29, 1.82) is 0 Å². The van der Waals surface area contributed by atoms with Gasteiger partial charge in [0.2, 0.25) is 11.7 Å². The molecule has 16 heavy (non-hydrogen) atoms. The summed E-state index contributed by atoms with van der Waals surface area (Å²) < 4.78 is 11.1. The van der Waals surface area contributed by atoms with Gasteiger partial charge in [0.05, 0.1) is 6.61 Å². The van der Waals surface area contributed by atoms with Gasteiger partial charge in [-0.3, -0.25) is 0 Å². The van der Waals surface area contributed by atoms with E-state index < -0.39 is 0 Å². The van der Waals surface area contributed by atoms with Gasteiger partial charge in [-0.15, -0.1) is 0 Å². The third-order valence-electron chi connectivity index (χ3n) is 2.13. The minimum absolute atomic E-state index is 0.547. The van der Waals surface area contributed by atoms with E-state index in [2.05, 4.69) is 26.1 Å². The number of hydrogen-bond acceptors (Lipinski definition) is 4. The van der Waals surface area contributed by atoms with Gasteiger partial charge in [0.1, 0.15) is 0 Å². The van der Waals surface area contributed by atoms with Crippen LogP contribution in [0.5, 0.6) is 0 Å². The summed E-state index contributed by atoms with van der Waals surface area (Å²) in [5, 5.41) is 3.87. The summed E-state index contributed by atoms with van der Waals surface area (Å²) in [6.07, 6.45) is 0. The van der Waals surface area contributed by atoms with Gasteiger partial charge in [-0.1, -0.05) is 21.1 Å². The summed E-state index contributed by atoms with van der Waals surface area (Å²) in [6.45, 7) is 2.32. The van der Waals surface area contributed by atoms with Crippen LogP contribution in [0.2, 0.25) is 0 Å². The predicted molar refractivity (Wildman–Crippen MR) is 62.9 cm³/mol. The van der Waals surface area contributed by atoms with Gasteiger partial charge in [0, 0.05) is 24.1 Å². The summed E-state index contributed by atoms with van der Waals surface area (Å²) in [6, 6.07) is 5.88. The highest BCUT2D eigenvalue weighted by Gasteiger charge is 2.08. The lowest BCUT2D eigenvalue weighted by atomic mass is 10.1. The van der Waals surface area contributed by atoms with Crippen LogP contribution in [0.3, 0.4) is 0 Å². The standard InChI is InChI=1S/C11H11BrN2O2/c1-7-13-11(14-16-7)8-3-4-10(12)9(5-8)6-15-2/h3-5H,6H2,1-2H3. The lowest BCUT2D eigenvalue weighted by Gasteiger charge is -2.04. The largest absolute Gasteiger partial charge is 0.380 e. The molecular formula is C11H11BrN2O2. The first-order chi connectivity index (χ1) is 7.70. The fourth-order valence-corrected chi connectivity index (χ4v) is 1.76. The predicted octanol–water partition coefficient (Wildman–Crippen LogP) is 2.95. The van der Waals surface area contributed by atoms with Gasteiger partial charge < -0.3 is 9.26 Å². The number of benzene rings is 1. The van der Waals surface area contributed by atoms with Crippen LogP contribution in [-0.2, 0) is 11.3 Å². The maximum atomic E-state index is 5.11. The number of ether oxygens (including phenoxy) is 1. The van der Waals surface area contributed by atoms with Crippen molar-refractivity contribution >= 4 is 15.9 Å². The van der Waals surface area contributed by atoms with Crippen molar-refractivity contribution in [2.75, 3.05) is 7.11 Å². The zero-order valence-corrected chi connectivity index (χ0v) is 10.6. The Morgan fingerprint density at radius 2 is 2.25 bits per heavy atom. The molecule has 2 rings (SSSR count). The molecule has 0 saturated heterocycles. The minimum atomic E-state index is 0.547. The van der Waals surface area contributed by atoms with Crippen LogP contribution in [0, 0.1) is 6.92 Å². The summed E-state index contributed by atoms with van der Waals surface area (Å²) in [4.78, 5) is 4.18. The van der Waals surface area contributed by atoms with E-state index in [1.807, 2.05) is 18.2 Å². The number of aromatic nitrogens is 2. The van der Waals surface area contributed by atoms with Crippen molar-refractivity contribution in [2.24, 2.45) is 0 Å². The zero-order valence-electron chi connectivity index (χ0n) is 9.03. The molecule has 2 aromatic rings. The molecule has 1 aromatic heterocycles. The molecule has 0 unspecified atom stereocenters. The Bertz CT molecular complexity index is 496. The van der Waals surface area contributed by atoms with E-state index in [0.717, 1.165) is 15.6 Å². The molecular weight excluding hydrogens is 272 g/mol. The highest BCUT2D eigenvalue weighted by atomic mass is 79.9. The number of aryl methyl sites for hydroxylation is 1. The van der Waals surface area contributed by atoms with Crippen LogP contribution in [0.15, 0.2) is 27.2 Å². The molecule has 0 N–H and O–H groups in total. The van der Waals surface area contributed by atoms with E-state index >= 15 is 0 Å². The highest BCUT2D eigenvalue weighted by Crippen LogP contribution is 2.24. The first-order valence-corrected chi connectivity index (χ1v) is 5.58. The maximum absolute atomic E-state index is 5.11. The molecule has 5 heteroatoms. The molecule has 1 aromatic carbocycles. The van der Waals surface area contributed by atoms with Crippen LogP contribution in [0.4, 0.5) is 0 Å². The Labute approximate surface area is 102 Å². The second-order valence-electron chi connectivity index (χ2n) is 3.38. The van der Waals surface area contributed by atoms with Gasteiger partial charge in [0.15, 0.2) is 0 Å². The van der Waals surface area contributed by atoms with Crippen molar-refractivity contribution in [3.8, 4) is 11.4 Å². The normalized spacial score (nSPS) is 10.7. The van der Waals surface area contributed by atoms with Crippen LogP contribution < -0.4 is 0 Å². The third kappa shape index (κ3) is 2.31. The number of halogens is 1. The molecule has 0 atom stereocenters. The fraction of sp³-hybridized carbons (Fsp3) is 0.273. The fourth-order valence-electron chi connectivity index (χ4n) is 1.40. The molecule has 84 valence electrons. The molecule has 0 aliphatic heterocycles. The molecule has 0 saturated carbocycles. The van der Waals surface area contributed by atoms with Crippen LogP contribution in [0.25, 0.3) is 11.4 Å². The molecule has 1 heterocycles. The maximum Gasteiger partial charge on any atom is 0.223 e.